The van der Waals surface area contributed by atoms with Crippen LogP contribution in [0.25, 0.3) is 0 Å². The van der Waals surface area contributed by atoms with Gasteiger partial charge in [-0.3, -0.25) is 4.79 Å². The van der Waals surface area contributed by atoms with E-state index in [4.69, 9.17) is 4.74 Å². The van der Waals surface area contributed by atoms with E-state index in [9.17, 15) is 14.9 Å². The molecule has 1 saturated heterocycles. The second-order valence-electron chi connectivity index (χ2n) is 8.47. The van der Waals surface area contributed by atoms with Gasteiger partial charge in [-0.2, -0.15) is 5.26 Å². The monoisotopic (exact) mass is 318 g/mol. The Morgan fingerprint density at radius 1 is 1.39 bits per heavy atom. The van der Waals surface area contributed by atoms with Crippen molar-refractivity contribution in [1.29, 1.82) is 5.26 Å². The zero-order valence-electron chi connectivity index (χ0n) is 14.9. The van der Waals surface area contributed by atoms with Crippen LogP contribution in [0.5, 0.6) is 0 Å². The minimum atomic E-state index is -0.589. The van der Waals surface area contributed by atoms with Crippen molar-refractivity contribution in [2.75, 3.05) is 13.1 Å². The van der Waals surface area contributed by atoms with Crippen LogP contribution in [0, 0.1) is 28.1 Å². The maximum absolute atomic E-state index is 12.5. The third kappa shape index (κ3) is 3.12. The second kappa shape index (κ2) is 5.36. The molecule has 1 unspecified atom stereocenters. The van der Waals surface area contributed by atoms with E-state index in [2.05, 4.69) is 0 Å². The first-order valence-electron chi connectivity index (χ1n) is 8.06. The van der Waals surface area contributed by atoms with E-state index in [1.165, 1.54) is 0 Å². The third-order valence-electron chi connectivity index (χ3n) is 4.96. The maximum atomic E-state index is 12.5. The normalized spacial score (nSPS) is 30.1. The first kappa shape index (κ1) is 17.5. The number of ether oxygens (including phenoxy) is 1. The van der Waals surface area contributed by atoms with Crippen LogP contribution in [-0.2, 0) is 9.53 Å². The molecule has 1 aliphatic carbocycles. The van der Waals surface area contributed by atoms with Crippen LogP contribution in [0.3, 0.4) is 0 Å². The molecule has 1 heterocycles. The van der Waals surface area contributed by atoms with E-state index < -0.39 is 16.4 Å². The van der Waals surface area contributed by atoms with Crippen LogP contribution in [0.4, 0.5) is 4.79 Å². The summed E-state index contributed by atoms with van der Waals surface area (Å²) in [7, 11) is 0. The molecule has 2 rings (SSSR count). The Hall–Kier alpha value is -1.83. The van der Waals surface area contributed by atoms with Crippen molar-refractivity contribution >= 4 is 11.9 Å². The molecule has 23 heavy (non-hydrogen) atoms. The number of piperidine rings is 1. The lowest BCUT2D eigenvalue weighted by Crippen LogP contribution is -2.57. The molecule has 1 fully saturated rings. The predicted molar refractivity (Wildman–Crippen MR) is 86.5 cm³/mol. The minimum absolute atomic E-state index is 0.0896. The van der Waals surface area contributed by atoms with Gasteiger partial charge in [-0.05, 0) is 33.1 Å². The van der Waals surface area contributed by atoms with Gasteiger partial charge in [0.2, 0.25) is 0 Å². The van der Waals surface area contributed by atoms with Crippen molar-refractivity contribution in [2.24, 2.45) is 16.7 Å². The van der Waals surface area contributed by atoms with Crippen LogP contribution >= 0.6 is 0 Å². The molecule has 1 aliphatic heterocycles. The Bertz CT molecular complexity index is 607. The smallest absolute Gasteiger partial charge is 0.410 e. The number of ketones is 1. The summed E-state index contributed by atoms with van der Waals surface area (Å²) in [6.07, 6.45) is 2.16. The number of nitrogens with zero attached hydrogens (tertiary/aromatic N) is 2. The number of carbonyl (C=O) groups is 2. The number of likely N-dealkylation sites (tertiary alicyclic amines) is 1. The van der Waals surface area contributed by atoms with Crippen LogP contribution in [0.15, 0.2) is 11.6 Å². The van der Waals surface area contributed by atoms with Gasteiger partial charge in [-0.25, -0.2) is 4.79 Å². The number of hydrogen-bond acceptors (Lipinski definition) is 4. The SMILES string of the molecule is CC(C)(C)OC(=O)N1CC[C@@H]2C(C)(C=C(C#N)C(=O)C2(C)C)C1. The molecule has 0 N–H and O–H groups in total. The highest BCUT2D eigenvalue weighted by atomic mass is 16.6. The summed E-state index contributed by atoms with van der Waals surface area (Å²) in [5.41, 5.74) is -1.31. The van der Waals surface area contributed by atoms with Crippen LogP contribution in [0.2, 0.25) is 0 Å². The minimum Gasteiger partial charge on any atom is -0.444 e. The number of fused-ring (bicyclic) bond motifs is 1. The van der Waals surface area contributed by atoms with Gasteiger partial charge in [0.25, 0.3) is 0 Å². The lowest BCUT2D eigenvalue weighted by molar-refractivity contribution is -0.131. The van der Waals surface area contributed by atoms with Crippen molar-refractivity contribution in [3.05, 3.63) is 11.6 Å². The molecule has 0 aromatic rings. The Kier molecular flexibility index (Phi) is 4.09. The maximum Gasteiger partial charge on any atom is 0.410 e. The van der Waals surface area contributed by atoms with Crippen LogP contribution in [-0.4, -0.2) is 35.5 Å². The van der Waals surface area contributed by atoms with E-state index >= 15 is 0 Å². The number of hydrogen-bond donors (Lipinski definition) is 0. The van der Waals surface area contributed by atoms with Crippen LogP contribution in [0.1, 0.15) is 48.0 Å². The lowest BCUT2D eigenvalue weighted by atomic mass is 9.55. The molecule has 0 spiro atoms. The van der Waals surface area contributed by atoms with Gasteiger partial charge in [-0.15, -0.1) is 0 Å². The highest BCUT2D eigenvalue weighted by Crippen LogP contribution is 2.52. The quantitative estimate of drug-likeness (QED) is 0.687. The molecule has 126 valence electrons. The highest BCUT2D eigenvalue weighted by Gasteiger charge is 2.54. The topological polar surface area (TPSA) is 70.4 Å². The van der Waals surface area contributed by atoms with Gasteiger partial charge in [0.05, 0.1) is 5.57 Å². The highest BCUT2D eigenvalue weighted by molar-refractivity contribution is 6.04. The van der Waals surface area contributed by atoms with Gasteiger partial charge in [-0.1, -0.05) is 26.8 Å². The second-order valence-corrected chi connectivity index (χ2v) is 8.47. The molecule has 5 nitrogen and oxygen atoms in total. The molecule has 0 saturated carbocycles. The van der Waals surface area contributed by atoms with E-state index in [0.29, 0.717) is 13.1 Å². The first-order valence-corrected chi connectivity index (χ1v) is 8.06. The summed E-state index contributed by atoms with van der Waals surface area (Å²) in [6, 6.07) is 2.03. The summed E-state index contributed by atoms with van der Waals surface area (Å²) in [4.78, 5) is 26.5. The standard InChI is InChI=1S/C18H26N2O3/c1-16(2,3)23-15(22)20-8-7-13-17(4,5)14(21)12(10-19)9-18(13,6)11-20/h9,13H,7-8,11H2,1-6H3/t13-,18?/m0/s1. The van der Waals surface area contributed by atoms with Gasteiger partial charge in [0.15, 0.2) is 5.78 Å². The summed E-state index contributed by atoms with van der Waals surface area (Å²) >= 11 is 0. The van der Waals surface area contributed by atoms with Crippen molar-refractivity contribution in [1.82, 2.24) is 4.90 Å². The first-order chi connectivity index (χ1) is 10.4. The van der Waals surface area contributed by atoms with E-state index in [0.717, 1.165) is 6.42 Å². The number of Topliss-reactive ketones (excluding diaryl/α,β-unsaturated/α-hetero) is 1. The van der Waals surface area contributed by atoms with E-state index in [1.54, 1.807) is 11.0 Å². The van der Waals surface area contributed by atoms with E-state index in [-0.39, 0.29) is 23.4 Å². The Balaban J connectivity index is 2.31. The molecule has 0 radical (unpaired) electrons. The fourth-order valence-corrected chi connectivity index (χ4v) is 4.01. The third-order valence-corrected chi connectivity index (χ3v) is 4.96. The number of allylic oxidation sites excluding steroid dienone is 1. The Morgan fingerprint density at radius 3 is 2.52 bits per heavy atom. The predicted octanol–water partition coefficient (Wildman–Crippen LogP) is 3.31. The molecule has 5 heteroatoms. The summed E-state index contributed by atoms with van der Waals surface area (Å²) in [5.74, 6) is 0.0199. The van der Waals surface area contributed by atoms with Crippen molar-refractivity contribution in [2.45, 2.75) is 53.6 Å². The summed E-state index contributed by atoms with van der Waals surface area (Å²) in [6.45, 7) is 12.4. The van der Waals surface area contributed by atoms with Gasteiger partial charge < -0.3 is 9.64 Å². The summed E-state index contributed by atoms with van der Waals surface area (Å²) < 4.78 is 5.46. The zero-order valence-corrected chi connectivity index (χ0v) is 14.9. The number of nitriles is 1. The van der Waals surface area contributed by atoms with Crippen LogP contribution < -0.4 is 0 Å². The van der Waals surface area contributed by atoms with Gasteiger partial charge in [0.1, 0.15) is 11.7 Å². The molecule has 0 bridgehead atoms. The number of rotatable bonds is 0. The fraction of sp³-hybridized carbons (Fsp3) is 0.722. The average Bonchev–Trinajstić information content (AvgIpc) is 2.40. The molecule has 2 aliphatic rings. The number of carbonyl (C=O) groups excluding carboxylic acids is 2. The summed E-state index contributed by atoms with van der Waals surface area (Å²) in [5, 5.41) is 9.28. The lowest BCUT2D eigenvalue weighted by Gasteiger charge is -2.52. The Morgan fingerprint density at radius 2 is 2.00 bits per heavy atom. The van der Waals surface area contributed by atoms with Crippen molar-refractivity contribution in [3.63, 3.8) is 0 Å². The molecule has 2 atom stereocenters. The zero-order chi connectivity index (χ0) is 17.6. The molecule has 0 aromatic heterocycles. The van der Waals surface area contributed by atoms with E-state index in [1.807, 2.05) is 47.6 Å². The van der Waals surface area contributed by atoms with Gasteiger partial charge in [0, 0.05) is 23.9 Å². The fourth-order valence-electron chi connectivity index (χ4n) is 4.01. The molecule has 1 amide bonds. The Labute approximate surface area is 138 Å². The molecular formula is C18H26N2O3. The number of amides is 1. The molecule has 0 aromatic carbocycles. The largest absolute Gasteiger partial charge is 0.444 e. The average molecular weight is 318 g/mol. The van der Waals surface area contributed by atoms with Crippen molar-refractivity contribution in [3.8, 4) is 6.07 Å². The van der Waals surface area contributed by atoms with Crippen molar-refractivity contribution < 1.29 is 14.3 Å². The molecular weight excluding hydrogens is 292 g/mol. The van der Waals surface area contributed by atoms with Gasteiger partial charge >= 0.3 is 6.09 Å².